The molecule has 166 valence electrons. The predicted molar refractivity (Wildman–Crippen MR) is 121 cm³/mol. The molecule has 0 saturated carbocycles. The van der Waals surface area contributed by atoms with E-state index in [9.17, 15) is 9.59 Å². The number of pyridine rings is 1. The molecule has 4 rings (SSSR count). The summed E-state index contributed by atoms with van der Waals surface area (Å²) in [7, 11) is 0. The highest BCUT2D eigenvalue weighted by atomic mass is 16.5. The van der Waals surface area contributed by atoms with E-state index in [4.69, 9.17) is 4.74 Å². The lowest BCUT2D eigenvalue weighted by atomic mass is 10.1. The Balaban J connectivity index is 1.37. The van der Waals surface area contributed by atoms with Gasteiger partial charge in [-0.3, -0.25) is 9.59 Å². The number of nitrogens with one attached hydrogen (secondary N) is 1. The summed E-state index contributed by atoms with van der Waals surface area (Å²) in [5, 5.41) is 7.37. The van der Waals surface area contributed by atoms with Crippen molar-refractivity contribution in [2.45, 2.75) is 33.7 Å². The van der Waals surface area contributed by atoms with Crippen molar-refractivity contribution >= 4 is 17.5 Å². The lowest BCUT2D eigenvalue weighted by Crippen LogP contribution is -2.32. The van der Waals surface area contributed by atoms with Gasteiger partial charge in [0.05, 0.1) is 23.9 Å². The zero-order valence-electron chi connectivity index (χ0n) is 18.5. The van der Waals surface area contributed by atoms with Gasteiger partial charge in [0, 0.05) is 31.4 Å². The highest BCUT2D eigenvalue weighted by Crippen LogP contribution is 2.33. The van der Waals surface area contributed by atoms with Crippen molar-refractivity contribution in [3.05, 3.63) is 65.6 Å². The highest BCUT2D eigenvalue weighted by Gasteiger charge is 2.36. The number of anilines is 1. The van der Waals surface area contributed by atoms with Gasteiger partial charge in [-0.15, -0.1) is 0 Å². The number of carbonyl (C=O) groups excluding carboxylic acids is 2. The van der Waals surface area contributed by atoms with Crippen LogP contribution >= 0.6 is 0 Å². The average molecular weight is 434 g/mol. The quantitative estimate of drug-likeness (QED) is 0.619. The van der Waals surface area contributed by atoms with E-state index in [1.54, 1.807) is 15.8 Å². The van der Waals surface area contributed by atoms with Gasteiger partial charge in [0.2, 0.25) is 11.8 Å². The second-order valence-corrected chi connectivity index (χ2v) is 7.89. The number of nitrogens with zero attached hydrogens (tertiary/aromatic N) is 4. The lowest BCUT2D eigenvalue weighted by molar-refractivity contribution is -0.126. The summed E-state index contributed by atoms with van der Waals surface area (Å²) >= 11 is 0. The Bertz CT molecular complexity index is 1120. The van der Waals surface area contributed by atoms with E-state index in [-0.39, 0.29) is 18.2 Å². The molecule has 32 heavy (non-hydrogen) atoms. The smallest absolute Gasteiger partial charge is 0.227 e. The largest absolute Gasteiger partial charge is 0.492 e. The van der Waals surface area contributed by atoms with Crippen LogP contribution < -0.4 is 15.0 Å². The van der Waals surface area contributed by atoms with Gasteiger partial charge in [0.1, 0.15) is 5.75 Å². The van der Waals surface area contributed by atoms with Gasteiger partial charge < -0.3 is 15.0 Å². The third kappa shape index (κ3) is 4.49. The number of para-hydroxylation sites is 2. The molecule has 8 heteroatoms. The minimum Gasteiger partial charge on any atom is -0.492 e. The lowest BCUT2D eigenvalue weighted by Gasteiger charge is -2.20. The third-order valence-electron chi connectivity index (χ3n) is 5.45. The van der Waals surface area contributed by atoms with Gasteiger partial charge in [-0.05, 0) is 50.6 Å². The van der Waals surface area contributed by atoms with Crippen LogP contribution in [0.5, 0.6) is 5.75 Å². The van der Waals surface area contributed by atoms with Crippen LogP contribution in [0.4, 0.5) is 5.69 Å². The van der Waals surface area contributed by atoms with E-state index < -0.39 is 5.92 Å². The number of ether oxygens (including phenoxy) is 1. The number of carbonyl (C=O) groups is 2. The molecule has 3 aromatic rings. The third-order valence-corrected chi connectivity index (χ3v) is 5.45. The van der Waals surface area contributed by atoms with Crippen molar-refractivity contribution in [3.63, 3.8) is 0 Å². The fourth-order valence-corrected chi connectivity index (χ4v) is 3.91. The van der Waals surface area contributed by atoms with Gasteiger partial charge in [-0.2, -0.15) is 5.10 Å². The van der Waals surface area contributed by atoms with Crippen LogP contribution in [0.1, 0.15) is 30.3 Å². The number of amides is 2. The maximum atomic E-state index is 12.7. The Labute approximate surface area is 187 Å². The first kappa shape index (κ1) is 21.5. The first-order chi connectivity index (χ1) is 15.5. The van der Waals surface area contributed by atoms with Crippen LogP contribution in [0.2, 0.25) is 0 Å². The SMILES string of the molecule is CCOc1ccccc1N1CC(C(=O)NCc2ccc(-n3nc(C)cc3C)nc2)CC1=O. The summed E-state index contributed by atoms with van der Waals surface area (Å²) in [5.41, 5.74) is 3.53. The van der Waals surface area contributed by atoms with Gasteiger partial charge in [-0.1, -0.05) is 18.2 Å². The summed E-state index contributed by atoms with van der Waals surface area (Å²) < 4.78 is 7.43. The second-order valence-electron chi connectivity index (χ2n) is 7.89. The van der Waals surface area contributed by atoms with E-state index >= 15 is 0 Å². The minimum atomic E-state index is -0.404. The molecular weight excluding hydrogens is 406 g/mol. The van der Waals surface area contributed by atoms with Crippen molar-refractivity contribution < 1.29 is 14.3 Å². The van der Waals surface area contributed by atoms with E-state index in [2.05, 4.69) is 15.4 Å². The maximum absolute atomic E-state index is 12.7. The van der Waals surface area contributed by atoms with Crippen molar-refractivity contribution in [2.24, 2.45) is 5.92 Å². The molecule has 1 saturated heterocycles. The monoisotopic (exact) mass is 433 g/mol. The molecule has 1 atom stereocenters. The first-order valence-electron chi connectivity index (χ1n) is 10.7. The number of aryl methyl sites for hydroxylation is 2. The topological polar surface area (TPSA) is 89.3 Å². The molecule has 2 amide bonds. The van der Waals surface area contributed by atoms with Crippen LogP contribution in [-0.2, 0) is 16.1 Å². The van der Waals surface area contributed by atoms with Crippen LogP contribution in [0.25, 0.3) is 5.82 Å². The summed E-state index contributed by atoms with van der Waals surface area (Å²) in [6.07, 6.45) is 1.91. The molecule has 0 spiro atoms. The highest BCUT2D eigenvalue weighted by molar-refractivity contribution is 6.01. The molecule has 1 aromatic carbocycles. The molecule has 1 fully saturated rings. The van der Waals surface area contributed by atoms with Crippen LogP contribution in [0.3, 0.4) is 0 Å². The number of hydrogen-bond donors (Lipinski definition) is 1. The van der Waals surface area contributed by atoms with E-state index in [1.807, 2.05) is 63.2 Å². The molecule has 0 aliphatic carbocycles. The predicted octanol–water partition coefficient (Wildman–Crippen LogP) is 2.95. The molecule has 1 aliphatic rings. The van der Waals surface area contributed by atoms with Crippen molar-refractivity contribution in [1.29, 1.82) is 0 Å². The normalized spacial score (nSPS) is 15.8. The molecule has 2 aromatic heterocycles. The van der Waals surface area contributed by atoms with Gasteiger partial charge >= 0.3 is 0 Å². The fourth-order valence-electron chi connectivity index (χ4n) is 3.91. The standard InChI is InChI=1S/C24H27N5O3/c1-4-32-21-8-6-5-7-20(21)28-15-19(12-23(28)30)24(31)26-14-18-9-10-22(25-13-18)29-17(3)11-16(2)27-29/h5-11,13,19H,4,12,14-15H2,1-3H3,(H,26,31). The minimum absolute atomic E-state index is 0.0757. The van der Waals surface area contributed by atoms with Crippen molar-refractivity contribution in [1.82, 2.24) is 20.1 Å². The van der Waals surface area contributed by atoms with Gasteiger partial charge in [0.15, 0.2) is 5.82 Å². The zero-order chi connectivity index (χ0) is 22.7. The second kappa shape index (κ2) is 9.21. The summed E-state index contributed by atoms with van der Waals surface area (Å²) in [6, 6.07) is 13.2. The molecule has 3 heterocycles. The Morgan fingerprint density at radius 3 is 2.72 bits per heavy atom. The molecule has 1 aliphatic heterocycles. The Morgan fingerprint density at radius 1 is 1.22 bits per heavy atom. The number of benzene rings is 1. The number of aromatic nitrogens is 3. The average Bonchev–Trinajstić information content (AvgIpc) is 3.34. The number of hydrogen-bond acceptors (Lipinski definition) is 5. The summed E-state index contributed by atoms with van der Waals surface area (Å²) in [5.74, 6) is 0.763. The van der Waals surface area contributed by atoms with Gasteiger partial charge in [0.25, 0.3) is 0 Å². The van der Waals surface area contributed by atoms with Gasteiger partial charge in [-0.25, -0.2) is 9.67 Å². The Morgan fingerprint density at radius 2 is 2.03 bits per heavy atom. The Kier molecular flexibility index (Phi) is 6.20. The number of rotatable bonds is 7. The molecule has 1 N–H and O–H groups in total. The summed E-state index contributed by atoms with van der Waals surface area (Å²) in [6.45, 7) is 7.02. The van der Waals surface area contributed by atoms with Crippen LogP contribution in [0.15, 0.2) is 48.7 Å². The van der Waals surface area contributed by atoms with E-state index in [1.165, 1.54) is 0 Å². The fraction of sp³-hybridized carbons (Fsp3) is 0.333. The van der Waals surface area contributed by atoms with E-state index in [0.717, 1.165) is 22.8 Å². The molecule has 0 bridgehead atoms. The maximum Gasteiger partial charge on any atom is 0.227 e. The van der Waals surface area contributed by atoms with Crippen molar-refractivity contribution in [2.75, 3.05) is 18.1 Å². The van der Waals surface area contributed by atoms with E-state index in [0.29, 0.717) is 31.1 Å². The molecule has 0 radical (unpaired) electrons. The molecular formula is C24H27N5O3. The first-order valence-corrected chi connectivity index (χ1v) is 10.7. The molecule has 1 unspecified atom stereocenters. The zero-order valence-corrected chi connectivity index (χ0v) is 18.5. The van der Waals surface area contributed by atoms with Crippen molar-refractivity contribution in [3.8, 4) is 11.6 Å². The summed E-state index contributed by atoms with van der Waals surface area (Å²) in [4.78, 5) is 31.4. The van der Waals surface area contributed by atoms with Crippen LogP contribution in [-0.4, -0.2) is 39.7 Å². The Hall–Kier alpha value is -3.68. The van der Waals surface area contributed by atoms with Crippen LogP contribution in [0, 0.1) is 19.8 Å². The molecule has 8 nitrogen and oxygen atoms in total.